The van der Waals surface area contributed by atoms with Crippen LogP contribution in [0.4, 0.5) is 10.2 Å². The first-order chi connectivity index (χ1) is 12.8. The van der Waals surface area contributed by atoms with Crippen molar-refractivity contribution in [1.82, 2.24) is 9.55 Å². The normalized spacial score (nSPS) is 31.2. The van der Waals surface area contributed by atoms with E-state index in [2.05, 4.69) is 25.8 Å². The topological polar surface area (TPSA) is 96.4 Å². The molecule has 1 aromatic heterocycles. The van der Waals surface area contributed by atoms with E-state index in [1.807, 2.05) is 0 Å². The summed E-state index contributed by atoms with van der Waals surface area (Å²) in [5, 5.41) is 0. The Morgan fingerprint density at radius 2 is 2.22 bits per heavy atom. The Bertz CT molecular complexity index is 757. The van der Waals surface area contributed by atoms with Gasteiger partial charge in [0.25, 0.3) is 0 Å². The number of thioether (sulfide) groups is 1. The lowest BCUT2D eigenvalue weighted by molar-refractivity contribution is -0.166. The van der Waals surface area contributed by atoms with E-state index in [4.69, 9.17) is 15.2 Å². The number of ether oxygens (including phenoxy) is 2. The third-order valence-corrected chi connectivity index (χ3v) is 6.42. The molecule has 0 aromatic carbocycles. The van der Waals surface area contributed by atoms with Gasteiger partial charge in [-0.15, -0.1) is 11.8 Å². The summed E-state index contributed by atoms with van der Waals surface area (Å²) < 4.78 is 26.1. The highest BCUT2D eigenvalue weighted by Crippen LogP contribution is 2.37. The molecule has 9 heteroatoms. The van der Waals surface area contributed by atoms with Crippen LogP contribution in [-0.2, 0) is 14.3 Å². The predicted octanol–water partition coefficient (Wildman–Crippen LogP) is 2.56. The molecule has 1 aromatic rings. The van der Waals surface area contributed by atoms with Gasteiger partial charge >= 0.3 is 11.7 Å². The number of aromatic nitrogens is 2. The van der Waals surface area contributed by atoms with Crippen LogP contribution in [0, 0.1) is 23.6 Å². The van der Waals surface area contributed by atoms with Gasteiger partial charge in [-0.1, -0.05) is 27.2 Å². The van der Waals surface area contributed by atoms with E-state index in [1.165, 1.54) is 11.8 Å². The Kier molecular flexibility index (Phi) is 6.10. The van der Waals surface area contributed by atoms with Crippen molar-refractivity contribution >= 4 is 23.5 Å². The van der Waals surface area contributed by atoms with Crippen molar-refractivity contribution in [2.45, 2.75) is 57.8 Å². The number of carbonyl (C=O) groups excluding carboxylic acids is 1. The monoisotopic (exact) mass is 399 g/mol. The summed E-state index contributed by atoms with van der Waals surface area (Å²) in [6.07, 6.45) is 3.09. The molecule has 1 aliphatic carbocycles. The number of nitrogens with two attached hydrogens (primary N) is 1. The van der Waals surface area contributed by atoms with Gasteiger partial charge in [-0.05, 0) is 30.6 Å². The second-order valence-electron chi connectivity index (χ2n) is 7.72. The van der Waals surface area contributed by atoms with Crippen LogP contribution in [-0.4, -0.2) is 32.8 Å². The third kappa shape index (κ3) is 4.45. The van der Waals surface area contributed by atoms with Gasteiger partial charge in [0.05, 0.1) is 6.20 Å². The Labute approximate surface area is 161 Å². The highest BCUT2D eigenvalue weighted by atomic mass is 32.2. The quantitative estimate of drug-likeness (QED) is 0.777. The highest BCUT2D eigenvalue weighted by Gasteiger charge is 2.39. The van der Waals surface area contributed by atoms with Crippen molar-refractivity contribution in [3.05, 3.63) is 22.5 Å². The van der Waals surface area contributed by atoms with Gasteiger partial charge < -0.3 is 15.2 Å². The Morgan fingerprint density at radius 1 is 1.48 bits per heavy atom. The molecule has 5 atom stereocenters. The van der Waals surface area contributed by atoms with Crippen LogP contribution in [0.5, 0.6) is 0 Å². The SMILES string of the molecule is CC(C)[C@@H]1CC[C@@H](C)C[C@@H]1OC(=O)[C@@H]1O[C@@H](n2cc(F)c(N)nc2=O)CS1. The summed E-state index contributed by atoms with van der Waals surface area (Å²) in [6.45, 7) is 6.46. The summed E-state index contributed by atoms with van der Waals surface area (Å²) in [6, 6.07) is 0. The molecule has 0 amide bonds. The number of rotatable bonds is 4. The lowest BCUT2D eigenvalue weighted by Gasteiger charge is -2.37. The zero-order valence-electron chi connectivity index (χ0n) is 15.8. The first kappa shape index (κ1) is 20.1. The number of hydrogen-bond donors (Lipinski definition) is 1. The summed E-state index contributed by atoms with van der Waals surface area (Å²) in [7, 11) is 0. The largest absolute Gasteiger partial charge is 0.459 e. The number of nitrogen functional groups attached to an aromatic ring is 1. The molecular formula is C18H26FN3O4S. The molecule has 2 heterocycles. The van der Waals surface area contributed by atoms with Crippen LogP contribution in [0.1, 0.15) is 46.3 Å². The van der Waals surface area contributed by atoms with Gasteiger partial charge in [0.1, 0.15) is 12.3 Å². The van der Waals surface area contributed by atoms with Crippen LogP contribution in [0.2, 0.25) is 0 Å². The molecule has 27 heavy (non-hydrogen) atoms. The van der Waals surface area contributed by atoms with E-state index in [0.29, 0.717) is 23.5 Å². The number of halogens is 1. The lowest BCUT2D eigenvalue weighted by atomic mass is 9.75. The van der Waals surface area contributed by atoms with Gasteiger partial charge in [-0.2, -0.15) is 4.98 Å². The van der Waals surface area contributed by atoms with Gasteiger partial charge in [0.15, 0.2) is 11.6 Å². The van der Waals surface area contributed by atoms with Crippen LogP contribution < -0.4 is 11.4 Å². The molecule has 0 radical (unpaired) electrons. The van der Waals surface area contributed by atoms with Gasteiger partial charge in [-0.3, -0.25) is 4.57 Å². The lowest BCUT2D eigenvalue weighted by Crippen LogP contribution is -2.38. The molecule has 150 valence electrons. The van der Waals surface area contributed by atoms with Crippen molar-refractivity contribution in [3.63, 3.8) is 0 Å². The Balaban J connectivity index is 1.65. The maximum absolute atomic E-state index is 13.6. The molecule has 0 spiro atoms. The molecule has 2 aliphatic rings. The smallest absolute Gasteiger partial charge is 0.351 e. The predicted molar refractivity (Wildman–Crippen MR) is 100 cm³/mol. The van der Waals surface area contributed by atoms with Gasteiger partial charge in [-0.25, -0.2) is 14.0 Å². The van der Waals surface area contributed by atoms with Crippen molar-refractivity contribution in [2.75, 3.05) is 11.5 Å². The number of carbonyl (C=O) groups is 1. The summed E-state index contributed by atoms with van der Waals surface area (Å²) in [4.78, 5) is 28.0. The fraction of sp³-hybridized carbons (Fsp3) is 0.722. The fourth-order valence-electron chi connectivity index (χ4n) is 3.78. The Hall–Kier alpha value is -1.61. The average molecular weight is 399 g/mol. The molecule has 3 rings (SSSR count). The zero-order valence-corrected chi connectivity index (χ0v) is 16.6. The van der Waals surface area contributed by atoms with E-state index in [-0.39, 0.29) is 6.10 Å². The molecule has 1 aliphatic heterocycles. The molecule has 1 saturated heterocycles. The number of esters is 1. The van der Waals surface area contributed by atoms with E-state index in [0.717, 1.165) is 30.0 Å². The van der Waals surface area contributed by atoms with E-state index >= 15 is 0 Å². The number of hydrogen-bond acceptors (Lipinski definition) is 7. The number of anilines is 1. The van der Waals surface area contributed by atoms with Crippen LogP contribution in [0.15, 0.2) is 11.0 Å². The standard InChI is InChI=1S/C18H26FN3O4S/c1-9(2)11-5-4-10(3)6-13(11)25-16(23)17-26-14(8-27-17)22-7-12(19)15(20)21-18(22)24/h7,9-11,13-14,17H,4-6,8H2,1-3H3,(H2,20,21,24)/t10-,11+,13+,14-,17-/m1/s1. The fourth-order valence-corrected chi connectivity index (χ4v) is 4.76. The number of nitrogens with zero attached hydrogens (tertiary/aromatic N) is 2. The Morgan fingerprint density at radius 3 is 2.93 bits per heavy atom. The summed E-state index contributed by atoms with van der Waals surface area (Å²) in [5.41, 5.74) is 3.74. The zero-order chi connectivity index (χ0) is 19.7. The molecule has 0 bridgehead atoms. The van der Waals surface area contributed by atoms with Gasteiger partial charge in [0.2, 0.25) is 5.44 Å². The molecule has 1 saturated carbocycles. The van der Waals surface area contributed by atoms with E-state index in [9.17, 15) is 14.0 Å². The van der Waals surface area contributed by atoms with Crippen molar-refractivity contribution in [1.29, 1.82) is 0 Å². The molecule has 7 nitrogen and oxygen atoms in total. The summed E-state index contributed by atoms with van der Waals surface area (Å²) >= 11 is 1.23. The van der Waals surface area contributed by atoms with Crippen LogP contribution in [0.25, 0.3) is 0 Å². The van der Waals surface area contributed by atoms with E-state index < -0.39 is 35.0 Å². The van der Waals surface area contributed by atoms with Gasteiger partial charge in [0, 0.05) is 5.75 Å². The molecule has 2 fully saturated rings. The molecule has 0 unspecified atom stereocenters. The molecule has 2 N–H and O–H groups in total. The minimum absolute atomic E-state index is 0.122. The third-order valence-electron chi connectivity index (χ3n) is 5.34. The van der Waals surface area contributed by atoms with Crippen LogP contribution in [0.3, 0.4) is 0 Å². The maximum atomic E-state index is 13.6. The van der Waals surface area contributed by atoms with Crippen molar-refractivity contribution < 1.29 is 18.7 Å². The minimum Gasteiger partial charge on any atom is -0.459 e. The van der Waals surface area contributed by atoms with Crippen LogP contribution >= 0.6 is 11.8 Å². The van der Waals surface area contributed by atoms with Crippen molar-refractivity contribution in [3.8, 4) is 0 Å². The summed E-state index contributed by atoms with van der Waals surface area (Å²) in [5.74, 6) is -0.0872. The molecular weight excluding hydrogens is 373 g/mol. The maximum Gasteiger partial charge on any atom is 0.351 e. The second kappa shape index (κ2) is 8.18. The minimum atomic E-state index is -0.840. The average Bonchev–Trinajstić information content (AvgIpc) is 3.08. The highest BCUT2D eigenvalue weighted by molar-refractivity contribution is 8.00. The van der Waals surface area contributed by atoms with E-state index in [1.54, 1.807) is 0 Å². The van der Waals surface area contributed by atoms with Crippen molar-refractivity contribution in [2.24, 2.45) is 17.8 Å². The second-order valence-corrected chi connectivity index (χ2v) is 8.82. The first-order valence-corrected chi connectivity index (χ1v) is 10.3. The first-order valence-electron chi connectivity index (χ1n) is 9.28.